The van der Waals surface area contributed by atoms with Crippen LogP contribution in [-0.4, -0.2) is 54.7 Å². The predicted molar refractivity (Wildman–Crippen MR) is 85.9 cm³/mol. The highest BCUT2D eigenvalue weighted by molar-refractivity contribution is 5.79. The first kappa shape index (κ1) is 15.8. The van der Waals surface area contributed by atoms with Crippen molar-refractivity contribution in [1.82, 2.24) is 9.88 Å². The van der Waals surface area contributed by atoms with Gasteiger partial charge in [0.2, 0.25) is 5.91 Å². The van der Waals surface area contributed by atoms with Crippen molar-refractivity contribution in [2.24, 2.45) is 5.92 Å². The number of amides is 1. The van der Waals surface area contributed by atoms with Crippen molar-refractivity contribution in [2.45, 2.75) is 25.9 Å². The molecule has 23 heavy (non-hydrogen) atoms. The lowest BCUT2D eigenvalue weighted by molar-refractivity contribution is -0.144. The van der Waals surface area contributed by atoms with E-state index in [1.807, 2.05) is 11.8 Å². The molecule has 0 unspecified atom stereocenters. The van der Waals surface area contributed by atoms with E-state index in [1.165, 1.54) is 0 Å². The van der Waals surface area contributed by atoms with E-state index in [-0.39, 0.29) is 17.9 Å². The van der Waals surface area contributed by atoms with Gasteiger partial charge in [-0.2, -0.15) is 5.26 Å². The fraction of sp³-hybridized carbons (Fsp3) is 0.588. The van der Waals surface area contributed by atoms with Crippen LogP contribution in [0.3, 0.4) is 0 Å². The molecule has 6 heteroatoms. The van der Waals surface area contributed by atoms with Crippen LogP contribution in [0.2, 0.25) is 0 Å². The summed E-state index contributed by atoms with van der Waals surface area (Å²) in [5, 5.41) is 9.19. The highest BCUT2D eigenvalue weighted by Crippen LogP contribution is 2.24. The summed E-state index contributed by atoms with van der Waals surface area (Å²) >= 11 is 0. The molecule has 122 valence electrons. The van der Waals surface area contributed by atoms with Crippen LogP contribution in [0.1, 0.15) is 25.3 Å². The van der Waals surface area contributed by atoms with Crippen LogP contribution in [0.4, 0.5) is 5.82 Å². The van der Waals surface area contributed by atoms with Crippen molar-refractivity contribution < 1.29 is 9.53 Å². The highest BCUT2D eigenvalue weighted by Gasteiger charge is 2.33. The molecule has 2 saturated heterocycles. The molecule has 0 aromatic carbocycles. The second-order valence-electron chi connectivity index (χ2n) is 6.12. The Morgan fingerprint density at radius 1 is 1.39 bits per heavy atom. The van der Waals surface area contributed by atoms with Crippen molar-refractivity contribution in [3.63, 3.8) is 0 Å². The van der Waals surface area contributed by atoms with Crippen molar-refractivity contribution in [2.75, 3.05) is 37.7 Å². The Bertz CT molecular complexity index is 605. The van der Waals surface area contributed by atoms with Gasteiger partial charge in [-0.15, -0.1) is 0 Å². The molecule has 0 radical (unpaired) electrons. The minimum atomic E-state index is -0.0141. The molecule has 3 heterocycles. The molecule has 3 rings (SSSR count). The van der Waals surface area contributed by atoms with Crippen molar-refractivity contribution >= 4 is 11.7 Å². The Balaban J connectivity index is 1.62. The number of hydrogen-bond donors (Lipinski definition) is 0. The first-order valence-electron chi connectivity index (χ1n) is 8.21. The molecular formula is C17H22N4O2. The number of hydrogen-bond acceptors (Lipinski definition) is 5. The summed E-state index contributed by atoms with van der Waals surface area (Å²) in [5.74, 6) is 0.912. The summed E-state index contributed by atoms with van der Waals surface area (Å²) in [4.78, 5) is 21.0. The lowest BCUT2D eigenvalue weighted by Gasteiger charge is -2.39. The SMILES string of the molecule is C[C@H]1OCCC[C@@H]1C(=O)N1CCN(c2ncccc2C#N)CC1. The van der Waals surface area contributed by atoms with Crippen LogP contribution < -0.4 is 4.90 Å². The van der Waals surface area contributed by atoms with Crippen LogP contribution in [0, 0.1) is 17.2 Å². The fourth-order valence-electron chi connectivity index (χ4n) is 3.36. The molecular weight excluding hydrogens is 292 g/mol. The maximum atomic E-state index is 12.7. The summed E-state index contributed by atoms with van der Waals surface area (Å²) in [7, 11) is 0. The summed E-state index contributed by atoms with van der Waals surface area (Å²) < 4.78 is 5.62. The number of carbonyl (C=O) groups excluding carboxylic acids is 1. The van der Waals surface area contributed by atoms with Gasteiger partial charge in [0.05, 0.1) is 17.6 Å². The van der Waals surface area contributed by atoms with Gasteiger partial charge in [0.25, 0.3) is 0 Å². The minimum Gasteiger partial charge on any atom is -0.378 e. The van der Waals surface area contributed by atoms with E-state index >= 15 is 0 Å². The molecule has 2 aliphatic rings. The van der Waals surface area contributed by atoms with Crippen LogP contribution >= 0.6 is 0 Å². The Kier molecular flexibility index (Phi) is 4.77. The fourth-order valence-corrected chi connectivity index (χ4v) is 3.36. The number of nitrogens with zero attached hydrogens (tertiary/aromatic N) is 4. The van der Waals surface area contributed by atoms with Crippen LogP contribution in [0.15, 0.2) is 18.3 Å². The number of carbonyl (C=O) groups is 1. The van der Waals surface area contributed by atoms with Gasteiger partial charge in [-0.1, -0.05) is 0 Å². The lowest BCUT2D eigenvalue weighted by atomic mass is 9.93. The number of rotatable bonds is 2. The van der Waals surface area contributed by atoms with Crippen molar-refractivity contribution in [3.8, 4) is 6.07 Å². The number of piperazine rings is 1. The zero-order valence-corrected chi connectivity index (χ0v) is 13.4. The average molecular weight is 314 g/mol. The van der Waals surface area contributed by atoms with Gasteiger partial charge in [0.1, 0.15) is 11.9 Å². The van der Waals surface area contributed by atoms with Crippen LogP contribution in [-0.2, 0) is 9.53 Å². The van der Waals surface area contributed by atoms with Crippen LogP contribution in [0.5, 0.6) is 0 Å². The van der Waals surface area contributed by atoms with Crippen molar-refractivity contribution in [3.05, 3.63) is 23.9 Å². The highest BCUT2D eigenvalue weighted by atomic mass is 16.5. The van der Waals surface area contributed by atoms with Gasteiger partial charge in [-0.25, -0.2) is 4.98 Å². The second kappa shape index (κ2) is 6.97. The van der Waals surface area contributed by atoms with E-state index in [2.05, 4.69) is 16.0 Å². The molecule has 1 aromatic rings. The summed E-state index contributed by atoms with van der Waals surface area (Å²) in [6.07, 6.45) is 3.59. The van der Waals surface area contributed by atoms with E-state index in [4.69, 9.17) is 4.74 Å². The molecule has 1 amide bonds. The van der Waals surface area contributed by atoms with Crippen LogP contribution in [0.25, 0.3) is 0 Å². The van der Waals surface area contributed by atoms with E-state index in [0.717, 1.165) is 25.3 Å². The molecule has 1 aromatic heterocycles. The van der Waals surface area contributed by atoms with Gasteiger partial charge < -0.3 is 14.5 Å². The number of pyridine rings is 1. The van der Waals surface area contributed by atoms with Gasteiger partial charge >= 0.3 is 0 Å². The number of anilines is 1. The molecule has 0 spiro atoms. The standard InChI is InChI=1S/C17H22N4O2/c1-13-15(5-3-11-23-13)17(22)21-9-7-20(8-10-21)16-14(12-18)4-2-6-19-16/h2,4,6,13,15H,3,5,7-11H2,1H3/t13-,15+/m1/s1. The zero-order valence-electron chi connectivity index (χ0n) is 13.4. The molecule has 6 nitrogen and oxygen atoms in total. The van der Waals surface area contributed by atoms with E-state index < -0.39 is 0 Å². The quantitative estimate of drug-likeness (QED) is 0.825. The second-order valence-corrected chi connectivity index (χ2v) is 6.12. The third-order valence-electron chi connectivity index (χ3n) is 4.72. The molecule has 2 fully saturated rings. The Morgan fingerprint density at radius 3 is 2.87 bits per heavy atom. The molecule has 2 aliphatic heterocycles. The van der Waals surface area contributed by atoms with Gasteiger partial charge in [0.15, 0.2) is 0 Å². The van der Waals surface area contributed by atoms with Gasteiger partial charge in [0, 0.05) is 39.0 Å². The van der Waals surface area contributed by atoms with Gasteiger partial charge in [-0.3, -0.25) is 4.79 Å². The first-order valence-corrected chi connectivity index (χ1v) is 8.21. The molecule has 0 aliphatic carbocycles. The Morgan fingerprint density at radius 2 is 2.17 bits per heavy atom. The Hall–Kier alpha value is -2.13. The van der Waals surface area contributed by atoms with Gasteiger partial charge in [-0.05, 0) is 31.9 Å². The largest absolute Gasteiger partial charge is 0.378 e. The number of aromatic nitrogens is 1. The number of ether oxygens (including phenoxy) is 1. The summed E-state index contributed by atoms with van der Waals surface area (Å²) in [5.41, 5.74) is 0.585. The zero-order chi connectivity index (χ0) is 16.2. The smallest absolute Gasteiger partial charge is 0.228 e. The maximum Gasteiger partial charge on any atom is 0.228 e. The van der Waals surface area contributed by atoms with E-state index in [9.17, 15) is 10.1 Å². The van der Waals surface area contributed by atoms with E-state index in [0.29, 0.717) is 31.7 Å². The normalized spacial score (nSPS) is 25.0. The summed E-state index contributed by atoms with van der Waals surface area (Å²) in [6, 6.07) is 5.73. The molecule has 2 atom stereocenters. The number of nitriles is 1. The molecule has 0 saturated carbocycles. The van der Waals surface area contributed by atoms with E-state index in [1.54, 1.807) is 18.3 Å². The maximum absolute atomic E-state index is 12.7. The van der Waals surface area contributed by atoms with Crippen molar-refractivity contribution in [1.29, 1.82) is 5.26 Å². The third-order valence-corrected chi connectivity index (χ3v) is 4.72. The molecule has 0 N–H and O–H groups in total. The minimum absolute atomic E-state index is 0.00950. The molecule has 0 bridgehead atoms. The third kappa shape index (κ3) is 3.30. The lowest BCUT2D eigenvalue weighted by Crippen LogP contribution is -2.52. The first-order chi connectivity index (χ1) is 11.2. The monoisotopic (exact) mass is 314 g/mol. The summed E-state index contributed by atoms with van der Waals surface area (Å²) in [6.45, 7) is 5.51. The average Bonchev–Trinajstić information content (AvgIpc) is 2.61. The topological polar surface area (TPSA) is 69.5 Å². The predicted octanol–water partition coefficient (Wildman–Crippen LogP) is 1.42. The Labute approximate surface area is 136 Å².